The standard InChI is InChI=1S/C27H37ClO6SSi/c1-27(2,3)36(21-11-6-4-7-12-21,22-13-8-5-9-14-22)32-19-26-24(33-26)17-16-23-25(15-10-18-31-23)34-35(29,30)20-28/h4-9,11-14,23-26H,10,15-20H2,1-3H3/t23-,24+,25-,26-/m0/s1. The van der Waals surface area contributed by atoms with Crippen molar-refractivity contribution in [3.8, 4) is 0 Å². The number of hydrogen-bond donors (Lipinski definition) is 0. The van der Waals surface area contributed by atoms with Crippen molar-refractivity contribution >= 4 is 40.4 Å². The molecule has 0 saturated carbocycles. The number of benzene rings is 2. The monoisotopic (exact) mass is 552 g/mol. The van der Waals surface area contributed by atoms with Crippen LogP contribution in [0.5, 0.6) is 0 Å². The first-order valence-corrected chi connectivity index (χ1v) is 16.7. The summed E-state index contributed by atoms with van der Waals surface area (Å²) < 4.78 is 47.9. The minimum atomic E-state index is -3.74. The van der Waals surface area contributed by atoms with Crippen molar-refractivity contribution in [2.75, 3.05) is 18.4 Å². The summed E-state index contributed by atoms with van der Waals surface area (Å²) in [6, 6.07) is 21.2. The second-order valence-corrected chi connectivity index (χ2v) is 17.1. The van der Waals surface area contributed by atoms with Crippen LogP contribution in [0, 0.1) is 0 Å². The number of rotatable bonds is 11. The Kier molecular flexibility index (Phi) is 8.98. The van der Waals surface area contributed by atoms with Crippen LogP contribution in [-0.2, 0) is 28.2 Å². The Morgan fingerprint density at radius 1 is 0.944 bits per heavy atom. The number of halogens is 1. The maximum atomic E-state index is 11.9. The van der Waals surface area contributed by atoms with E-state index in [0.717, 1.165) is 12.8 Å². The summed E-state index contributed by atoms with van der Waals surface area (Å²) in [5.41, 5.74) is 0. The molecule has 36 heavy (non-hydrogen) atoms. The van der Waals surface area contributed by atoms with E-state index in [1.807, 2.05) is 12.1 Å². The molecule has 0 radical (unpaired) electrons. The zero-order valence-electron chi connectivity index (χ0n) is 21.3. The van der Waals surface area contributed by atoms with E-state index in [1.54, 1.807) is 0 Å². The van der Waals surface area contributed by atoms with Gasteiger partial charge in [-0.2, -0.15) is 8.42 Å². The lowest BCUT2D eigenvalue weighted by atomic mass is 10.00. The van der Waals surface area contributed by atoms with Crippen LogP contribution in [0.4, 0.5) is 0 Å². The molecule has 6 nitrogen and oxygen atoms in total. The van der Waals surface area contributed by atoms with Crippen LogP contribution in [0.3, 0.4) is 0 Å². The topological polar surface area (TPSA) is 74.4 Å². The first-order chi connectivity index (χ1) is 17.2. The van der Waals surface area contributed by atoms with E-state index in [-0.39, 0.29) is 23.4 Å². The largest absolute Gasteiger partial charge is 0.405 e. The van der Waals surface area contributed by atoms with E-state index in [2.05, 4.69) is 69.3 Å². The first-order valence-electron chi connectivity index (χ1n) is 12.7. The van der Waals surface area contributed by atoms with E-state index in [4.69, 9.17) is 29.7 Å². The first kappa shape index (κ1) is 27.8. The Labute approximate surface area is 221 Å². The number of alkyl halides is 1. The normalized spacial score (nSPS) is 25.0. The zero-order chi connectivity index (χ0) is 25.8. The van der Waals surface area contributed by atoms with Crippen molar-refractivity contribution < 1.29 is 26.5 Å². The average molecular weight is 553 g/mol. The van der Waals surface area contributed by atoms with Gasteiger partial charge < -0.3 is 13.9 Å². The van der Waals surface area contributed by atoms with Crippen molar-refractivity contribution in [2.24, 2.45) is 0 Å². The van der Waals surface area contributed by atoms with Crippen molar-refractivity contribution in [3.63, 3.8) is 0 Å². The SMILES string of the molecule is CC(C)(C)[Si](OC[C@@H]1O[C@@H]1CC[C@@H]1OCCC[C@@H]1OS(=O)(=O)CCl)(c1ccccc1)c1ccccc1. The van der Waals surface area contributed by atoms with Gasteiger partial charge in [-0.3, -0.25) is 4.18 Å². The van der Waals surface area contributed by atoms with Gasteiger partial charge in [-0.25, -0.2) is 0 Å². The molecule has 2 aromatic rings. The van der Waals surface area contributed by atoms with Crippen molar-refractivity contribution in [3.05, 3.63) is 60.7 Å². The molecule has 0 aromatic heterocycles. The van der Waals surface area contributed by atoms with Crippen LogP contribution in [-0.4, -0.2) is 59.6 Å². The Morgan fingerprint density at radius 2 is 1.53 bits per heavy atom. The molecular formula is C27H37ClO6SSi. The van der Waals surface area contributed by atoms with E-state index in [9.17, 15) is 8.42 Å². The van der Waals surface area contributed by atoms with E-state index in [1.165, 1.54) is 10.4 Å². The molecule has 2 heterocycles. The molecule has 2 aromatic carbocycles. The fourth-order valence-electron chi connectivity index (χ4n) is 5.28. The number of ether oxygens (including phenoxy) is 2. The molecule has 0 aliphatic carbocycles. The molecule has 0 N–H and O–H groups in total. The Hall–Kier alpha value is -1.26. The van der Waals surface area contributed by atoms with Crippen LogP contribution in [0.1, 0.15) is 46.5 Å². The molecule has 9 heteroatoms. The second kappa shape index (κ2) is 11.6. The van der Waals surface area contributed by atoms with Crippen LogP contribution in [0.15, 0.2) is 60.7 Å². The fourth-order valence-corrected chi connectivity index (χ4v) is 10.7. The summed E-state index contributed by atoms with van der Waals surface area (Å²) in [5, 5.41) is 1.85. The summed E-state index contributed by atoms with van der Waals surface area (Å²) in [6.07, 6.45) is 2.16. The molecule has 0 unspecified atom stereocenters. The molecule has 0 amide bonds. The third-order valence-corrected chi connectivity index (χ3v) is 13.7. The lowest BCUT2D eigenvalue weighted by molar-refractivity contribution is -0.0647. The minimum absolute atomic E-state index is 0.0150. The fraction of sp³-hybridized carbons (Fsp3) is 0.556. The van der Waals surface area contributed by atoms with Gasteiger partial charge in [0.1, 0.15) is 17.4 Å². The number of hydrogen-bond acceptors (Lipinski definition) is 6. The Balaban J connectivity index is 1.42. The van der Waals surface area contributed by atoms with Crippen molar-refractivity contribution in [1.82, 2.24) is 0 Å². The zero-order valence-corrected chi connectivity index (χ0v) is 23.8. The van der Waals surface area contributed by atoms with Gasteiger partial charge in [0, 0.05) is 6.61 Å². The minimum Gasteiger partial charge on any atom is -0.405 e. The third-order valence-electron chi connectivity index (χ3n) is 7.09. The molecule has 198 valence electrons. The molecule has 2 aliphatic rings. The Morgan fingerprint density at radius 3 is 2.08 bits per heavy atom. The van der Waals surface area contributed by atoms with Gasteiger partial charge in [-0.05, 0) is 41.1 Å². The molecule has 4 rings (SSSR count). The molecule has 0 bridgehead atoms. The molecular weight excluding hydrogens is 516 g/mol. The molecule has 2 fully saturated rings. The maximum absolute atomic E-state index is 11.9. The molecule has 0 spiro atoms. The summed E-state index contributed by atoms with van der Waals surface area (Å²) in [6.45, 7) is 7.92. The summed E-state index contributed by atoms with van der Waals surface area (Å²) in [5.74, 6) is 0. The lowest BCUT2D eigenvalue weighted by Gasteiger charge is -2.43. The van der Waals surface area contributed by atoms with Gasteiger partial charge in [0.15, 0.2) is 0 Å². The predicted octanol–water partition coefficient (Wildman–Crippen LogP) is 4.20. The third kappa shape index (κ3) is 6.41. The summed E-state index contributed by atoms with van der Waals surface area (Å²) >= 11 is 5.52. The quantitative estimate of drug-likeness (QED) is 0.180. The van der Waals surface area contributed by atoms with E-state index < -0.39 is 29.8 Å². The van der Waals surface area contributed by atoms with Crippen LogP contribution in [0.25, 0.3) is 0 Å². The highest BCUT2D eigenvalue weighted by Gasteiger charge is 2.52. The van der Waals surface area contributed by atoms with Gasteiger partial charge in [0.2, 0.25) is 0 Å². The van der Waals surface area contributed by atoms with Crippen molar-refractivity contribution in [2.45, 2.75) is 75.9 Å². The van der Waals surface area contributed by atoms with Crippen LogP contribution < -0.4 is 10.4 Å². The van der Waals surface area contributed by atoms with Crippen LogP contribution >= 0.6 is 11.6 Å². The van der Waals surface area contributed by atoms with Gasteiger partial charge >= 0.3 is 0 Å². The molecule has 2 saturated heterocycles. The maximum Gasteiger partial charge on any atom is 0.281 e. The lowest BCUT2D eigenvalue weighted by Crippen LogP contribution is -2.66. The molecule has 4 atom stereocenters. The van der Waals surface area contributed by atoms with E-state index in [0.29, 0.717) is 26.1 Å². The van der Waals surface area contributed by atoms with Gasteiger partial charge in [0.25, 0.3) is 18.4 Å². The van der Waals surface area contributed by atoms with Gasteiger partial charge in [0.05, 0.1) is 18.8 Å². The summed E-state index contributed by atoms with van der Waals surface area (Å²) in [4.78, 5) is 0. The predicted molar refractivity (Wildman–Crippen MR) is 145 cm³/mol. The highest BCUT2D eigenvalue weighted by Crippen LogP contribution is 2.38. The van der Waals surface area contributed by atoms with Crippen LogP contribution in [0.2, 0.25) is 5.04 Å². The van der Waals surface area contributed by atoms with Crippen molar-refractivity contribution in [1.29, 1.82) is 0 Å². The number of epoxide rings is 1. The highest BCUT2D eigenvalue weighted by atomic mass is 35.5. The van der Waals surface area contributed by atoms with Gasteiger partial charge in [-0.1, -0.05) is 81.4 Å². The second-order valence-electron chi connectivity index (χ2n) is 10.6. The van der Waals surface area contributed by atoms with Gasteiger partial charge in [-0.15, -0.1) is 11.6 Å². The van der Waals surface area contributed by atoms with E-state index >= 15 is 0 Å². The molecule has 2 aliphatic heterocycles. The summed E-state index contributed by atoms with van der Waals surface area (Å²) in [7, 11) is -6.34. The highest BCUT2D eigenvalue weighted by molar-refractivity contribution is 7.87. The Bertz CT molecular complexity index is 1040. The average Bonchev–Trinajstić information content (AvgIpc) is 3.62. The smallest absolute Gasteiger partial charge is 0.281 e.